The Morgan fingerprint density at radius 3 is 2.79 bits per heavy atom. The summed E-state index contributed by atoms with van der Waals surface area (Å²) in [7, 11) is 1.56. The Hall–Kier alpha value is -2.98. The van der Waals surface area contributed by atoms with Crippen LogP contribution in [0.1, 0.15) is 29.3 Å². The average molecular weight is 420 g/mol. The van der Waals surface area contributed by atoms with E-state index in [1.807, 2.05) is 12.1 Å². The largest absolute Gasteiger partial charge is 0.497 e. The van der Waals surface area contributed by atoms with E-state index in [0.717, 1.165) is 27.2 Å². The van der Waals surface area contributed by atoms with Gasteiger partial charge in [-0.1, -0.05) is 0 Å². The molecule has 0 amide bonds. The number of allylic oxidation sites excluding steroid dienone is 1. The minimum absolute atomic E-state index is 0.142. The van der Waals surface area contributed by atoms with Crippen molar-refractivity contribution in [2.75, 3.05) is 7.11 Å². The number of carboxylic acids is 2. The molecule has 0 spiro atoms. The van der Waals surface area contributed by atoms with Gasteiger partial charge in [-0.25, -0.2) is 4.79 Å². The molecule has 1 aromatic carbocycles. The van der Waals surface area contributed by atoms with Crippen LogP contribution < -0.4 is 4.74 Å². The zero-order valence-corrected chi connectivity index (χ0v) is 16.3. The fraction of sp³-hybridized carbons (Fsp3) is 0.222. The molecule has 2 heterocycles. The fourth-order valence-electron chi connectivity index (χ4n) is 2.84. The number of fused-ring (bicyclic) bond motifs is 1. The lowest BCUT2D eigenvalue weighted by Crippen LogP contribution is -2.20. The Bertz CT molecular complexity index is 1070. The van der Waals surface area contributed by atoms with E-state index in [0.29, 0.717) is 16.2 Å². The van der Waals surface area contributed by atoms with Gasteiger partial charge >= 0.3 is 11.9 Å². The number of nitrogens with zero attached hydrogens (tertiary/aromatic N) is 2. The van der Waals surface area contributed by atoms with E-state index >= 15 is 0 Å². The van der Waals surface area contributed by atoms with Crippen molar-refractivity contribution in [2.24, 2.45) is 4.99 Å². The molecule has 0 saturated heterocycles. The number of aromatic hydroxyl groups is 1. The SMILES string of the molecule is COc1ccc2c(c1)C(=Cc1sc(=S)n([C@@H](CCC(=O)O)C(=O)O)c1O)C=N2. The predicted octanol–water partition coefficient (Wildman–Crippen LogP) is 3.74. The molecule has 146 valence electrons. The van der Waals surface area contributed by atoms with Gasteiger partial charge in [0.15, 0.2) is 3.95 Å². The number of carboxylic acid groups (broad SMARTS) is 2. The molecule has 1 aromatic heterocycles. The number of hydrogen-bond acceptors (Lipinski definition) is 7. The number of carbonyl (C=O) groups is 2. The fourth-order valence-corrected chi connectivity index (χ4v) is 4.20. The molecule has 0 unspecified atom stereocenters. The van der Waals surface area contributed by atoms with Crippen molar-refractivity contribution in [3.05, 3.63) is 32.6 Å². The number of ether oxygens (including phenoxy) is 1. The molecule has 3 rings (SSSR count). The highest BCUT2D eigenvalue weighted by Crippen LogP contribution is 2.39. The van der Waals surface area contributed by atoms with Crippen LogP contribution in [-0.4, -0.2) is 45.1 Å². The van der Waals surface area contributed by atoms with Crippen molar-refractivity contribution < 1.29 is 29.6 Å². The molecule has 28 heavy (non-hydrogen) atoms. The lowest BCUT2D eigenvalue weighted by molar-refractivity contribution is -0.142. The number of aliphatic imine (C=N–C) groups is 1. The van der Waals surface area contributed by atoms with Crippen molar-refractivity contribution >= 4 is 59.0 Å². The first-order valence-electron chi connectivity index (χ1n) is 8.15. The zero-order valence-electron chi connectivity index (χ0n) is 14.7. The molecule has 0 bridgehead atoms. The van der Waals surface area contributed by atoms with Crippen LogP contribution in [0.3, 0.4) is 0 Å². The molecular weight excluding hydrogens is 404 g/mol. The minimum Gasteiger partial charge on any atom is -0.497 e. The van der Waals surface area contributed by atoms with E-state index in [1.165, 1.54) is 0 Å². The summed E-state index contributed by atoms with van der Waals surface area (Å²) in [4.78, 5) is 27.1. The van der Waals surface area contributed by atoms with Crippen molar-refractivity contribution in [1.82, 2.24) is 4.57 Å². The lowest BCUT2D eigenvalue weighted by Gasteiger charge is -2.14. The minimum atomic E-state index is -1.27. The van der Waals surface area contributed by atoms with Crippen molar-refractivity contribution in [3.8, 4) is 11.6 Å². The monoisotopic (exact) mass is 420 g/mol. The molecule has 0 aliphatic carbocycles. The van der Waals surface area contributed by atoms with E-state index in [1.54, 1.807) is 25.5 Å². The molecule has 2 aromatic rings. The Balaban J connectivity index is 2.01. The Morgan fingerprint density at radius 1 is 1.39 bits per heavy atom. The number of aliphatic carboxylic acids is 2. The summed E-state index contributed by atoms with van der Waals surface area (Å²) in [6, 6.07) is 4.15. The molecular formula is C18H16N2O6S2. The topological polar surface area (TPSA) is 121 Å². The second-order valence-corrected chi connectivity index (χ2v) is 7.63. The zero-order chi connectivity index (χ0) is 20.4. The van der Waals surface area contributed by atoms with Gasteiger partial charge in [-0.15, -0.1) is 11.3 Å². The molecule has 1 atom stereocenters. The van der Waals surface area contributed by atoms with E-state index in [9.17, 15) is 19.8 Å². The van der Waals surface area contributed by atoms with Crippen molar-refractivity contribution in [2.45, 2.75) is 18.9 Å². The summed E-state index contributed by atoms with van der Waals surface area (Å²) in [5, 5.41) is 28.9. The highest BCUT2D eigenvalue weighted by molar-refractivity contribution is 7.73. The van der Waals surface area contributed by atoms with Crippen LogP contribution in [0.2, 0.25) is 0 Å². The second-order valence-electron chi connectivity index (χ2n) is 5.95. The summed E-state index contributed by atoms with van der Waals surface area (Å²) in [5.74, 6) is -2.04. The van der Waals surface area contributed by atoms with Crippen LogP contribution in [0.5, 0.6) is 11.6 Å². The first kappa shape index (κ1) is 19.8. The molecule has 0 saturated carbocycles. The molecule has 10 heteroatoms. The van der Waals surface area contributed by atoms with Crippen LogP contribution in [0.4, 0.5) is 5.69 Å². The number of aromatic nitrogens is 1. The summed E-state index contributed by atoms with van der Waals surface area (Å²) in [5.41, 5.74) is 2.27. The van der Waals surface area contributed by atoms with Gasteiger partial charge in [0.1, 0.15) is 11.8 Å². The van der Waals surface area contributed by atoms with Gasteiger partial charge < -0.3 is 20.1 Å². The standard InChI is InChI=1S/C18H16N2O6S2/c1-26-10-2-3-12-11(7-10)9(8-19-12)6-14-16(23)20(18(27)28-14)13(17(24)25)4-5-15(21)22/h2-3,6-8,13,23H,4-5H2,1H3,(H,21,22)(H,24,25)/t13-/m0/s1. The van der Waals surface area contributed by atoms with Gasteiger partial charge in [0, 0.05) is 23.8 Å². The summed E-state index contributed by atoms with van der Waals surface area (Å²) in [6.07, 6.45) is 2.75. The van der Waals surface area contributed by atoms with Crippen LogP contribution >= 0.6 is 23.6 Å². The third kappa shape index (κ3) is 3.82. The van der Waals surface area contributed by atoms with Gasteiger partial charge in [-0.05, 0) is 42.9 Å². The van der Waals surface area contributed by atoms with Crippen molar-refractivity contribution in [3.63, 3.8) is 0 Å². The van der Waals surface area contributed by atoms with Gasteiger partial charge in [-0.3, -0.25) is 14.4 Å². The summed E-state index contributed by atoms with van der Waals surface area (Å²) in [6.45, 7) is 0. The van der Waals surface area contributed by atoms with E-state index in [2.05, 4.69) is 4.99 Å². The maximum absolute atomic E-state index is 11.6. The maximum Gasteiger partial charge on any atom is 0.326 e. The van der Waals surface area contributed by atoms with Crippen LogP contribution in [0.15, 0.2) is 23.2 Å². The van der Waals surface area contributed by atoms with Crippen LogP contribution in [-0.2, 0) is 9.59 Å². The van der Waals surface area contributed by atoms with Gasteiger partial charge in [0.05, 0.1) is 17.7 Å². The van der Waals surface area contributed by atoms with Gasteiger partial charge in [-0.2, -0.15) is 0 Å². The number of rotatable bonds is 7. The van der Waals surface area contributed by atoms with Gasteiger partial charge in [0.2, 0.25) is 5.88 Å². The van der Waals surface area contributed by atoms with E-state index < -0.39 is 18.0 Å². The molecule has 1 aliphatic rings. The molecule has 0 fully saturated rings. The average Bonchev–Trinajstić information content (AvgIpc) is 3.16. The molecule has 0 radical (unpaired) electrons. The summed E-state index contributed by atoms with van der Waals surface area (Å²) < 4.78 is 6.45. The number of methoxy groups -OCH3 is 1. The molecule has 3 N–H and O–H groups in total. The van der Waals surface area contributed by atoms with E-state index in [4.69, 9.17) is 22.1 Å². The third-order valence-electron chi connectivity index (χ3n) is 4.21. The normalized spacial score (nSPS) is 14.8. The van der Waals surface area contributed by atoms with Crippen LogP contribution in [0.25, 0.3) is 11.6 Å². The smallest absolute Gasteiger partial charge is 0.326 e. The van der Waals surface area contributed by atoms with Crippen LogP contribution in [0, 0.1) is 3.95 Å². The third-order valence-corrected chi connectivity index (χ3v) is 5.55. The van der Waals surface area contributed by atoms with Crippen molar-refractivity contribution in [1.29, 1.82) is 0 Å². The second kappa shape index (κ2) is 7.95. The quantitative estimate of drug-likeness (QED) is 0.583. The first-order valence-corrected chi connectivity index (χ1v) is 9.37. The Labute approximate surface area is 168 Å². The Kier molecular flexibility index (Phi) is 5.61. The predicted molar refractivity (Wildman–Crippen MR) is 107 cm³/mol. The number of thiazole rings is 1. The molecule has 1 aliphatic heterocycles. The maximum atomic E-state index is 11.6. The highest BCUT2D eigenvalue weighted by Gasteiger charge is 2.26. The number of hydrogen-bond donors (Lipinski definition) is 3. The van der Waals surface area contributed by atoms with Gasteiger partial charge in [0.25, 0.3) is 0 Å². The first-order chi connectivity index (χ1) is 13.3. The highest BCUT2D eigenvalue weighted by atomic mass is 32.1. The summed E-state index contributed by atoms with van der Waals surface area (Å²) >= 11 is 6.26. The Morgan fingerprint density at radius 2 is 2.14 bits per heavy atom. The lowest BCUT2D eigenvalue weighted by atomic mass is 10.1. The van der Waals surface area contributed by atoms with E-state index in [-0.39, 0.29) is 22.7 Å². The molecule has 8 nitrogen and oxygen atoms in total. The number of benzene rings is 1.